The minimum atomic E-state index is -0.240. The average molecular weight is 208 g/mol. The van der Waals surface area contributed by atoms with E-state index in [1.807, 2.05) is 31.2 Å². The number of benzene rings is 1. The van der Waals surface area contributed by atoms with Gasteiger partial charge < -0.3 is 9.47 Å². The van der Waals surface area contributed by atoms with E-state index in [4.69, 9.17) is 9.47 Å². The van der Waals surface area contributed by atoms with Crippen LogP contribution in [0.5, 0.6) is 5.75 Å². The van der Waals surface area contributed by atoms with Crippen molar-refractivity contribution >= 4 is 5.97 Å². The smallest absolute Gasteiger partial charge is 0.302 e. The Bertz CT molecular complexity index is 316. The van der Waals surface area contributed by atoms with Crippen molar-refractivity contribution in [1.29, 1.82) is 0 Å². The van der Waals surface area contributed by atoms with Gasteiger partial charge in [-0.05, 0) is 17.7 Å². The van der Waals surface area contributed by atoms with Crippen LogP contribution >= 0.6 is 0 Å². The van der Waals surface area contributed by atoms with Gasteiger partial charge in [-0.3, -0.25) is 4.79 Å². The molecule has 3 nitrogen and oxygen atoms in total. The summed E-state index contributed by atoms with van der Waals surface area (Å²) in [5.41, 5.74) is 1.14. The van der Waals surface area contributed by atoms with Crippen molar-refractivity contribution in [2.75, 3.05) is 13.7 Å². The lowest BCUT2D eigenvalue weighted by molar-refractivity contribution is -0.141. The molecular weight excluding hydrogens is 192 g/mol. The fourth-order valence-electron chi connectivity index (χ4n) is 1.27. The molecule has 0 heterocycles. The van der Waals surface area contributed by atoms with Gasteiger partial charge in [0.1, 0.15) is 5.75 Å². The predicted octanol–water partition coefficient (Wildman–Crippen LogP) is 2.36. The summed E-state index contributed by atoms with van der Waals surface area (Å²) in [5, 5.41) is 0. The van der Waals surface area contributed by atoms with Crippen LogP contribution in [0.2, 0.25) is 0 Å². The van der Waals surface area contributed by atoms with Crippen LogP contribution in [0.4, 0.5) is 0 Å². The first kappa shape index (κ1) is 11.6. The maximum absolute atomic E-state index is 10.6. The van der Waals surface area contributed by atoms with E-state index in [1.165, 1.54) is 6.92 Å². The van der Waals surface area contributed by atoms with Crippen molar-refractivity contribution in [2.45, 2.75) is 19.8 Å². The van der Waals surface area contributed by atoms with Gasteiger partial charge >= 0.3 is 5.97 Å². The highest BCUT2D eigenvalue weighted by Gasteiger charge is 2.07. The third-order valence-electron chi connectivity index (χ3n) is 2.22. The van der Waals surface area contributed by atoms with Crippen molar-refractivity contribution in [3.8, 4) is 5.75 Å². The Morgan fingerprint density at radius 3 is 2.40 bits per heavy atom. The van der Waals surface area contributed by atoms with Crippen LogP contribution in [0.25, 0.3) is 0 Å². The van der Waals surface area contributed by atoms with Gasteiger partial charge in [-0.2, -0.15) is 0 Å². The topological polar surface area (TPSA) is 35.5 Å². The maximum Gasteiger partial charge on any atom is 0.302 e. The minimum absolute atomic E-state index is 0.208. The van der Waals surface area contributed by atoms with Crippen LogP contribution < -0.4 is 4.74 Å². The number of hydrogen-bond donors (Lipinski definition) is 0. The SMILES string of the molecule is COc1ccc(C(C)COC(C)=O)cc1. The zero-order chi connectivity index (χ0) is 11.3. The van der Waals surface area contributed by atoms with Gasteiger partial charge in [0.15, 0.2) is 0 Å². The molecule has 3 heteroatoms. The van der Waals surface area contributed by atoms with Gasteiger partial charge in [-0.25, -0.2) is 0 Å². The lowest BCUT2D eigenvalue weighted by Crippen LogP contribution is -2.07. The molecule has 0 aliphatic rings. The largest absolute Gasteiger partial charge is 0.497 e. The lowest BCUT2D eigenvalue weighted by Gasteiger charge is -2.11. The highest BCUT2D eigenvalue weighted by Crippen LogP contribution is 2.19. The second kappa shape index (κ2) is 5.39. The van der Waals surface area contributed by atoms with Crippen LogP contribution in [-0.4, -0.2) is 19.7 Å². The summed E-state index contributed by atoms with van der Waals surface area (Å²) in [6, 6.07) is 7.76. The van der Waals surface area contributed by atoms with E-state index in [2.05, 4.69) is 0 Å². The molecule has 15 heavy (non-hydrogen) atoms. The summed E-state index contributed by atoms with van der Waals surface area (Å²) in [6.45, 7) is 3.85. The molecule has 82 valence electrons. The summed E-state index contributed by atoms with van der Waals surface area (Å²) in [5.74, 6) is 0.800. The molecule has 0 fully saturated rings. The quantitative estimate of drug-likeness (QED) is 0.712. The third kappa shape index (κ3) is 3.62. The van der Waals surface area contributed by atoms with Gasteiger partial charge in [-0.15, -0.1) is 0 Å². The van der Waals surface area contributed by atoms with Crippen molar-refractivity contribution < 1.29 is 14.3 Å². The van der Waals surface area contributed by atoms with E-state index in [1.54, 1.807) is 7.11 Å². The van der Waals surface area contributed by atoms with Gasteiger partial charge in [0, 0.05) is 12.8 Å². The zero-order valence-electron chi connectivity index (χ0n) is 9.32. The molecule has 0 aliphatic heterocycles. The Labute approximate surface area is 90.0 Å². The normalized spacial score (nSPS) is 11.9. The number of ether oxygens (including phenoxy) is 2. The number of rotatable bonds is 4. The summed E-state index contributed by atoms with van der Waals surface area (Å²) in [7, 11) is 1.64. The number of carbonyl (C=O) groups excluding carboxylic acids is 1. The fraction of sp³-hybridized carbons (Fsp3) is 0.417. The highest BCUT2D eigenvalue weighted by molar-refractivity contribution is 5.65. The molecule has 1 aromatic carbocycles. The molecule has 1 rings (SSSR count). The molecule has 0 radical (unpaired) electrons. The Morgan fingerprint density at radius 1 is 1.33 bits per heavy atom. The molecule has 0 N–H and O–H groups in total. The monoisotopic (exact) mass is 208 g/mol. The Balaban J connectivity index is 2.57. The van der Waals surface area contributed by atoms with E-state index in [0.717, 1.165) is 11.3 Å². The molecule has 0 aliphatic carbocycles. The van der Waals surface area contributed by atoms with Gasteiger partial charge in [0.25, 0.3) is 0 Å². The van der Waals surface area contributed by atoms with Crippen molar-refractivity contribution in [2.24, 2.45) is 0 Å². The van der Waals surface area contributed by atoms with Gasteiger partial charge in [0.2, 0.25) is 0 Å². The van der Waals surface area contributed by atoms with Crippen molar-refractivity contribution in [1.82, 2.24) is 0 Å². The Kier molecular flexibility index (Phi) is 4.16. The summed E-state index contributed by atoms with van der Waals surface area (Å²) < 4.78 is 10.0. The molecule has 0 amide bonds. The first-order valence-electron chi connectivity index (χ1n) is 4.90. The Hall–Kier alpha value is -1.51. The van der Waals surface area contributed by atoms with Gasteiger partial charge in [-0.1, -0.05) is 19.1 Å². The number of esters is 1. The molecule has 0 bridgehead atoms. The molecule has 0 spiro atoms. The van der Waals surface area contributed by atoms with E-state index >= 15 is 0 Å². The van der Waals surface area contributed by atoms with Crippen LogP contribution in [0, 0.1) is 0 Å². The van der Waals surface area contributed by atoms with Crippen LogP contribution in [0.1, 0.15) is 25.3 Å². The molecule has 1 aromatic rings. The predicted molar refractivity (Wildman–Crippen MR) is 58.0 cm³/mol. The second-order valence-electron chi connectivity index (χ2n) is 3.48. The molecule has 0 saturated carbocycles. The number of methoxy groups -OCH3 is 1. The molecule has 0 saturated heterocycles. The van der Waals surface area contributed by atoms with Gasteiger partial charge in [0.05, 0.1) is 13.7 Å². The number of carbonyl (C=O) groups is 1. The van der Waals surface area contributed by atoms with E-state index in [-0.39, 0.29) is 11.9 Å². The van der Waals surface area contributed by atoms with Crippen LogP contribution in [0.3, 0.4) is 0 Å². The van der Waals surface area contributed by atoms with E-state index < -0.39 is 0 Å². The fourth-order valence-corrected chi connectivity index (χ4v) is 1.27. The molecular formula is C12H16O3. The summed E-state index contributed by atoms with van der Waals surface area (Å²) >= 11 is 0. The molecule has 1 unspecified atom stereocenters. The average Bonchev–Trinajstić information content (AvgIpc) is 2.26. The second-order valence-corrected chi connectivity index (χ2v) is 3.48. The van der Waals surface area contributed by atoms with Crippen LogP contribution in [0.15, 0.2) is 24.3 Å². The van der Waals surface area contributed by atoms with Crippen molar-refractivity contribution in [3.05, 3.63) is 29.8 Å². The standard InChI is InChI=1S/C12H16O3/c1-9(8-15-10(2)13)11-4-6-12(14-3)7-5-11/h4-7,9H,8H2,1-3H3. The number of hydrogen-bond acceptors (Lipinski definition) is 3. The molecule has 0 aromatic heterocycles. The first-order valence-corrected chi connectivity index (χ1v) is 4.90. The minimum Gasteiger partial charge on any atom is -0.497 e. The van der Waals surface area contributed by atoms with Crippen LogP contribution in [-0.2, 0) is 9.53 Å². The molecule has 1 atom stereocenters. The Morgan fingerprint density at radius 2 is 1.93 bits per heavy atom. The summed E-state index contributed by atoms with van der Waals surface area (Å²) in [4.78, 5) is 10.6. The highest BCUT2D eigenvalue weighted by atomic mass is 16.5. The lowest BCUT2D eigenvalue weighted by atomic mass is 10.0. The zero-order valence-corrected chi connectivity index (χ0v) is 9.32. The van der Waals surface area contributed by atoms with E-state index in [9.17, 15) is 4.79 Å². The third-order valence-corrected chi connectivity index (χ3v) is 2.22. The maximum atomic E-state index is 10.6. The summed E-state index contributed by atoms with van der Waals surface area (Å²) in [6.07, 6.45) is 0. The van der Waals surface area contributed by atoms with E-state index in [0.29, 0.717) is 6.61 Å². The van der Waals surface area contributed by atoms with Crippen molar-refractivity contribution in [3.63, 3.8) is 0 Å². The first-order chi connectivity index (χ1) is 7.13.